The van der Waals surface area contributed by atoms with E-state index in [-0.39, 0.29) is 5.97 Å². The third-order valence-electron chi connectivity index (χ3n) is 3.77. The Labute approximate surface area is 124 Å². The van der Waals surface area contributed by atoms with Gasteiger partial charge in [-0.1, -0.05) is 44.0 Å². The number of aliphatic hydroxyl groups is 1. The van der Waals surface area contributed by atoms with Crippen molar-refractivity contribution in [2.24, 2.45) is 5.92 Å². The van der Waals surface area contributed by atoms with Gasteiger partial charge in [0, 0.05) is 23.3 Å². The number of carbonyl (C=O) groups is 1. The fourth-order valence-electron chi connectivity index (χ4n) is 2.57. The van der Waals surface area contributed by atoms with E-state index in [1.807, 2.05) is 24.3 Å². The number of hydrogen-bond donors (Lipinski definition) is 1. The summed E-state index contributed by atoms with van der Waals surface area (Å²) in [4.78, 5) is 16.1. The van der Waals surface area contributed by atoms with E-state index < -0.39 is 12.0 Å². The van der Waals surface area contributed by atoms with Crippen LogP contribution in [0.1, 0.15) is 37.9 Å². The Hall–Kier alpha value is -1.94. The number of nitrogens with zero attached hydrogens (tertiary/aromatic N) is 1. The van der Waals surface area contributed by atoms with Crippen molar-refractivity contribution in [3.63, 3.8) is 0 Å². The largest absolute Gasteiger partial charge is 0.469 e. The van der Waals surface area contributed by atoms with Crippen molar-refractivity contribution < 1.29 is 14.6 Å². The monoisotopic (exact) mass is 287 g/mol. The zero-order chi connectivity index (χ0) is 15.2. The lowest BCUT2D eigenvalue weighted by atomic mass is 9.89. The Morgan fingerprint density at radius 2 is 2.10 bits per heavy atom. The Morgan fingerprint density at radius 3 is 2.81 bits per heavy atom. The van der Waals surface area contributed by atoms with Crippen molar-refractivity contribution >= 4 is 16.7 Å². The van der Waals surface area contributed by atoms with Crippen molar-refractivity contribution in [3.05, 3.63) is 42.2 Å². The standard InChI is InChI=1S/C17H21NO3/c1-3-4-8-14(17(20)21-2)16(19)15-11-18-10-12-7-5-6-9-13(12)15/h5-7,9-11,14,16,19H,3-4,8H2,1-2H3. The highest BCUT2D eigenvalue weighted by Crippen LogP contribution is 2.31. The molecule has 0 saturated heterocycles. The molecule has 0 radical (unpaired) electrons. The van der Waals surface area contributed by atoms with Crippen LogP contribution in [0, 0.1) is 5.92 Å². The number of benzene rings is 1. The lowest BCUT2D eigenvalue weighted by Gasteiger charge is -2.21. The second-order valence-corrected chi connectivity index (χ2v) is 5.17. The predicted molar refractivity (Wildman–Crippen MR) is 81.7 cm³/mol. The van der Waals surface area contributed by atoms with E-state index in [1.54, 1.807) is 12.4 Å². The minimum absolute atomic E-state index is 0.371. The summed E-state index contributed by atoms with van der Waals surface area (Å²) in [7, 11) is 1.36. The molecule has 0 saturated carbocycles. The van der Waals surface area contributed by atoms with Crippen LogP contribution < -0.4 is 0 Å². The van der Waals surface area contributed by atoms with Gasteiger partial charge in [-0.05, 0) is 11.8 Å². The molecule has 112 valence electrons. The summed E-state index contributed by atoms with van der Waals surface area (Å²) >= 11 is 0. The van der Waals surface area contributed by atoms with Gasteiger partial charge in [-0.25, -0.2) is 0 Å². The lowest BCUT2D eigenvalue weighted by molar-refractivity contribution is -0.150. The summed E-state index contributed by atoms with van der Waals surface area (Å²) in [5, 5.41) is 12.5. The quantitative estimate of drug-likeness (QED) is 0.829. The van der Waals surface area contributed by atoms with Gasteiger partial charge >= 0.3 is 5.97 Å². The molecular weight excluding hydrogens is 266 g/mol. The minimum Gasteiger partial charge on any atom is -0.469 e. The van der Waals surface area contributed by atoms with Gasteiger partial charge < -0.3 is 9.84 Å². The van der Waals surface area contributed by atoms with Gasteiger partial charge in [-0.15, -0.1) is 0 Å². The van der Waals surface area contributed by atoms with Gasteiger partial charge in [-0.2, -0.15) is 0 Å². The van der Waals surface area contributed by atoms with Gasteiger partial charge in [-0.3, -0.25) is 9.78 Å². The highest BCUT2D eigenvalue weighted by molar-refractivity contribution is 5.85. The minimum atomic E-state index is -0.900. The SMILES string of the molecule is CCCCC(C(=O)OC)C(O)c1cncc2ccccc12. The maximum Gasteiger partial charge on any atom is 0.311 e. The number of aromatic nitrogens is 1. The van der Waals surface area contributed by atoms with E-state index in [0.717, 1.165) is 23.6 Å². The van der Waals surface area contributed by atoms with E-state index in [9.17, 15) is 9.90 Å². The molecule has 2 aromatic rings. The summed E-state index contributed by atoms with van der Waals surface area (Å²) < 4.78 is 4.84. The number of carbonyl (C=O) groups excluding carboxylic acids is 1. The maximum atomic E-state index is 12.0. The molecule has 4 nitrogen and oxygen atoms in total. The molecule has 2 unspecified atom stereocenters. The lowest BCUT2D eigenvalue weighted by Crippen LogP contribution is -2.24. The summed E-state index contributed by atoms with van der Waals surface area (Å²) in [5.74, 6) is -0.925. The average molecular weight is 287 g/mol. The molecular formula is C17H21NO3. The number of methoxy groups -OCH3 is 1. The third kappa shape index (κ3) is 3.39. The Bertz CT molecular complexity index is 607. The van der Waals surface area contributed by atoms with E-state index in [4.69, 9.17) is 4.74 Å². The summed E-state index contributed by atoms with van der Waals surface area (Å²) in [6.45, 7) is 2.06. The molecule has 0 bridgehead atoms. The average Bonchev–Trinajstić information content (AvgIpc) is 2.54. The maximum absolute atomic E-state index is 12.0. The highest BCUT2D eigenvalue weighted by atomic mass is 16.5. The Balaban J connectivity index is 2.38. The van der Waals surface area contributed by atoms with Crippen molar-refractivity contribution in [1.29, 1.82) is 0 Å². The first-order chi connectivity index (χ1) is 10.2. The molecule has 21 heavy (non-hydrogen) atoms. The summed E-state index contributed by atoms with van der Waals surface area (Å²) in [6, 6.07) is 7.72. The van der Waals surface area contributed by atoms with Crippen molar-refractivity contribution in [3.8, 4) is 0 Å². The van der Waals surface area contributed by atoms with Crippen LogP contribution in [0.2, 0.25) is 0 Å². The van der Waals surface area contributed by atoms with E-state index in [1.165, 1.54) is 7.11 Å². The highest BCUT2D eigenvalue weighted by Gasteiger charge is 2.29. The van der Waals surface area contributed by atoms with E-state index >= 15 is 0 Å². The van der Waals surface area contributed by atoms with Gasteiger partial charge in [0.2, 0.25) is 0 Å². The predicted octanol–water partition coefficient (Wildman–Crippen LogP) is 3.25. The third-order valence-corrected chi connectivity index (χ3v) is 3.77. The summed E-state index contributed by atoms with van der Waals surface area (Å²) in [6.07, 6.45) is 4.93. The number of unbranched alkanes of at least 4 members (excludes halogenated alkanes) is 1. The molecule has 1 heterocycles. The molecule has 1 aromatic carbocycles. The van der Waals surface area contributed by atoms with Crippen LogP contribution in [0.15, 0.2) is 36.7 Å². The van der Waals surface area contributed by atoms with Crippen LogP contribution >= 0.6 is 0 Å². The van der Waals surface area contributed by atoms with Gasteiger partial charge in [0.25, 0.3) is 0 Å². The molecule has 0 spiro atoms. The molecule has 4 heteroatoms. The molecule has 0 aliphatic heterocycles. The van der Waals surface area contributed by atoms with Crippen LogP contribution in [0.25, 0.3) is 10.8 Å². The summed E-state index contributed by atoms with van der Waals surface area (Å²) in [5.41, 5.74) is 0.680. The van der Waals surface area contributed by atoms with Gasteiger partial charge in [0.1, 0.15) is 0 Å². The first-order valence-corrected chi connectivity index (χ1v) is 7.27. The van der Waals surface area contributed by atoms with Crippen molar-refractivity contribution in [1.82, 2.24) is 4.98 Å². The van der Waals surface area contributed by atoms with Gasteiger partial charge in [0.05, 0.1) is 19.1 Å². The second kappa shape index (κ2) is 7.18. The van der Waals surface area contributed by atoms with Crippen LogP contribution in [-0.2, 0) is 9.53 Å². The molecule has 0 fully saturated rings. The number of aliphatic hydroxyl groups excluding tert-OH is 1. The number of hydrogen-bond acceptors (Lipinski definition) is 4. The number of pyridine rings is 1. The number of fused-ring (bicyclic) bond motifs is 1. The molecule has 1 N–H and O–H groups in total. The molecule has 1 aromatic heterocycles. The first kappa shape index (κ1) is 15.4. The fourth-order valence-corrected chi connectivity index (χ4v) is 2.57. The van der Waals surface area contributed by atoms with Crippen LogP contribution in [-0.4, -0.2) is 23.2 Å². The Kier molecular flexibility index (Phi) is 5.28. The number of rotatable bonds is 6. The Morgan fingerprint density at radius 1 is 1.33 bits per heavy atom. The van der Waals surface area contributed by atoms with E-state index in [0.29, 0.717) is 12.0 Å². The van der Waals surface area contributed by atoms with Crippen molar-refractivity contribution in [2.45, 2.75) is 32.3 Å². The van der Waals surface area contributed by atoms with E-state index in [2.05, 4.69) is 11.9 Å². The van der Waals surface area contributed by atoms with Crippen LogP contribution in [0.5, 0.6) is 0 Å². The second-order valence-electron chi connectivity index (χ2n) is 5.17. The van der Waals surface area contributed by atoms with Crippen LogP contribution in [0.4, 0.5) is 0 Å². The fraction of sp³-hybridized carbons (Fsp3) is 0.412. The normalized spacial score (nSPS) is 13.9. The van der Waals surface area contributed by atoms with Crippen LogP contribution in [0.3, 0.4) is 0 Å². The van der Waals surface area contributed by atoms with Crippen molar-refractivity contribution in [2.75, 3.05) is 7.11 Å². The first-order valence-electron chi connectivity index (χ1n) is 7.27. The molecule has 0 aliphatic carbocycles. The molecule has 0 amide bonds. The zero-order valence-corrected chi connectivity index (χ0v) is 12.5. The molecule has 0 aliphatic rings. The smallest absolute Gasteiger partial charge is 0.311 e. The molecule has 2 atom stereocenters. The number of ether oxygens (including phenoxy) is 1. The topological polar surface area (TPSA) is 59.4 Å². The molecule has 2 rings (SSSR count). The van der Waals surface area contributed by atoms with Gasteiger partial charge in [0.15, 0.2) is 0 Å². The zero-order valence-electron chi connectivity index (χ0n) is 12.5. The number of esters is 1.